The predicted octanol–water partition coefficient (Wildman–Crippen LogP) is 2.79. The Hall–Kier alpha value is -1.12. The number of hydrogen-bond donors (Lipinski definition) is 0. The molecular weight excluding hydrogens is 272 g/mol. The smallest absolute Gasteiger partial charge is 0.258 e. The van der Waals surface area contributed by atoms with E-state index >= 15 is 0 Å². The summed E-state index contributed by atoms with van der Waals surface area (Å²) in [7, 11) is 0. The van der Waals surface area contributed by atoms with E-state index in [-0.39, 0.29) is 15.9 Å². The lowest BCUT2D eigenvalue weighted by atomic mass is 9.97. The summed E-state index contributed by atoms with van der Waals surface area (Å²) in [5.41, 5.74) is 0.394. The molecule has 6 heteroatoms. The fraction of sp³-hybridized carbons (Fsp3) is 0.500. The molecule has 1 aliphatic rings. The van der Waals surface area contributed by atoms with Crippen LogP contribution in [0.5, 0.6) is 0 Å². The van der Waals surface area contributed by atoms with Gasteiger partial charge < -0.3 is 9.32 Å². The average molecular weight is 285 g/mol. The first-order chi connectivity index (χ1) is 8.62. The minimum absolute atomic E-state index is 0.124. The number of furan rings is 1. The van der Waals surface area contributed by atoms with Crippen molar-refractivity contribution in [3.8, 4) is 6.07 Å². The zero-order chi connectivity index (χ0) is 13.2. The highest BCUT2D eigenvalue weighted by Gasteiger charge is 2.36. The molecule has 0 aromatic carbocycles. The van der Waals surface area contributed by atoms with Crippen molar-refractivity contribution in [2.75, 3.05) is 19.3 Å². The Morgan fingerprint density at radius 3 is 2.72 bits per heavy atom. The molecular formula is C12H13ClN2O2S. The summed E-state index contributed by atoms with van der Waals surface area (Å²) in [6.45, 7) is 1.16. The van der Waals surface area contributed by atoms with E-state index in [1.54, 1.807) is 22.7 Å². The van der Waals surface area contributed by atoms with Crippen LogP contribution in [0.2, 0.25) is 5.22 Å². The summed E-state index contributed by atoms with van der Waals surface area (Å²) in [4.78, 5) is 13.9. The molecule has 1 aliphatic heterocycles. The van der Waals surface area contributed by atoms with Crippen LogP contribution in [0.25, 0.3) is 0 Å². The van der Waals surface area contributed by atoms with Gasteiger partial charge in [-0.15, -0.1) is 11.8 Å². The third-order valence-electron chi connectivity index (χ3n) is 3.30. The average Bonchev–Trinajstić information content (AvgIpc) is 2.84. The lowest BCUT2D eigenvalue weighted by Crippen LogP contribution is -2.44. The fourth-order valence-corrected chi connectivity index (χ4v) is 2.93. The highest BCUT2D eigenvalue weighted by atomic mass is 35.5. The topological polar surface area (TPSA) is 57.2 Å². The van der Waals surface area contributed by atoms with Gasteiger partial charge in [0, 0.05) is 13.1 Å². The van der Waals surface area contributed by atoms with E-state index in [1.807, 2.05) is 6.26 Å². The van der Waals surface area contributed by atoms with Crippen molar-refractivity contribution in [2.24, 2.45) is 0 Å². The maximum atomic E-state index is 12.2. The quantitative estimate of drug-likeness (QED) is 0.838. The van der Waals surface area contributed by atoms with E-state index in [0.29, 0.717) is 31.5 Å². The number of carbonyl (C=O) groups excluding carboxylic acids is 1. The molecule has 1 fully saturated rings. The third-order valence-corrected chi connectivity index (χ3v) is 4.87. The second kappa shape index (κ2) is 5.25. The number of hydrogen-bond acceptors (Lipinski definition) is 4. The van der Waals surface area contributed by atoms with Crippen LogP contribution in [0.1, 0.15) is 23.2 Å². The molecule has 0 radical (unpaired) electrons. The number of halogens is 1. The normalized spacial score (nSPS) is 18.4. The number of amides is 1. The molecule has 0 spiro atoms. The van der Waals surface area contributed by atoms with Crippen molar-refractivity contribution in [3.63, 3.8) is 0 Å². The summed E-state index contributed by atoms with van der Waals surface area (Å²) >= 11 is 7.36. The van der Waals surface area contributed by atoms with Crippen LogP contribution >= 0.6 is 23.4 Å². The van der Waals surface area contributed by atoms with Crippen LogP contribution in [0.15, 0.2) is 16.7 Å². The van der Waals surface area contributed by atoms with Gasteiger partial charge in [0.25, 0.3) is 5.91 Å². The lowest BCUT2D eigenvalue weighted by molar-refractivity contribution is 0.0716. The summed E-state index contributed by atoms with van der Waals surface area (Å²) in [6.07, 6.45) is 4.71. The van der Waals surface area contributed by atoms with E-state index in [2.05, 4.69) is 6.07 Å². The van der Waals surface area contributed by atoms with Crippen LogP contribution in [-0.2, 0) is 0 Å². The second-order valence-electron chi connectivity index (χ2n) is 4.21. The highest BCUT2D eigenvalue weighted by Crippen LogP contribution is 2.34. The first-order valence-electron chi connectivity index (χ1n) is 5.60. The molecule has 0 bridgehead atoms. The first-order valence-corrected chi connectivity index (χ1v) is 7.21. The van der Waals surface area contributed by atoms with Crippen LogP contribution in [-0.4, -0.2) is 34.9 Å². The second-order valence-corrected chi connectivity index (χ2v) is 5.74. The summed E-state index contributed by atoms with van der Waals surface area (Å²) in [6, 6.07) is 3.93. The molecule has 1 aromatic rings. The molecule has 0 saturated carbocycles. The minimum atomic E-state index is -0.350. The Kier molecular flexibility index (Phi) is 3.88. The lowest BCUT2D eigenvalue weighted by Gasteiger charge is -2.36. The molecule has 0 atom stereocenters. The van der Waals surface area contributed by atoms with Crippen molar-refractivity contribution in [3.05, 3.63) is 23.1 Å². The van der Waals surface area contributed by atoms with Gasteiger partial charge in [-0.25, -0.2) is 0 Å². The van der Waals surface area contributed by atoms with Crippen molar-refractivity contribution >= 4 is 29.3 Å². The van der Waals surface area contributed by atoms with E-state index in [1.165, 1.54) is 6.26 Å². The van der Waals surface area contributed by atoms with Crippen molar-refractivity contribution in [1.29, 1.82) is 5.26 Å². The molecule has 0 aliphatic carbocycles. The van der Waals surface area contributed by atoms with Gasteiger partial charge in [0.2, 0.25) is 5.22 Å². The fourth-order valence-electron chi connectivity index (χ4n) is 2.05. The Morgan fingerprint density at radius 2 is 2.28 bits per heavy atom. The Bertz CT molecular complexity index is 487. The predicted molar refractivity (Wildman–Crippen MR) is 70.7 cm³/mol. The molecule has 2 heterocycles. The Balaban J connectivity index is 2.05. The van der Waals surface area contributed by atoms with Gasteiger partial charge in [0.1, 0.15) is 4.75 Å². The highest BCUT2D eigenvalue weighted by molar-refractivity contribution is 8.00. The molecule has 0 N–H and O–H groups in total. The third kappa shape index (κ3) is 2.36. The molecule has 4 nitrogen and oxygen atoms in total. The molecule has 1 aromatic heterocycles. The van der Waals surface area contributed by atoms with Gasteiger partial charge in [-0.3, -0.25) is 4.79 Å². The SMILES string of the molecule is CSC1(C#N)CCN(C(=O)c2ccoc2Cl)CC1. The van der Waals surface area contributed by atoms with Gasteiger partial charge in [0.15, 0.2) is 0 Å². The van der Waals surface area contributed by atoms with Crippen LogP contribution in [0.4, 0.5) is 0 Å². The van der Waals surface area contributed by atoms with E-state index in [9.17, 15) is 10.1 Å². The van der Waals surface area contributed by atoms with Gasteiger partial charge in [-0.05, 0) is 36.8 Å². The van der Waals surface area contributed by atoms with Gasteiger partial charge in [0.05, 0.1) is 17.9 Å². The zero-order valence-electron chi connectivity index (χ0n) is 9.98. The number of piperidine rings is 1. The van der Waals surface area contributed by atoms with E-state index in [0.717, 1.165) is 0 Å². The first kappa shape index (κ1) is 13.3. The standard InChI is InChI=1S/C12H13ClN2O2S/c1-18-12(8-14)3-5-15(6-4-12)11(16)9-2-7-17-10(9)13/h2,7H,3-6H2,1H3. The number of rotatable bonds is 2. The van der Waals surface area contributed by atoms with Crippen molar-refractivity contribution in [2.45, 2.75) is 17.6 Å². The Morgan fingerprint density at radius 1 is 1.61 bits per heavy atom. The van der Waals surface area contributed by atoms with Crippen LogP contribution in [0.3, 0.4) is 0 Å². The number of nitrogens with zero attached hydrogens (tertiary/aromatic N) is 2. The van der Waals surface area contributed by atoms with Crippen molar-refractivity contribution < 1.29 is 9.21 Å². The summed E-state index contributed by atoms with van der Waals surface area (Å²) in [5, 5.41) is 9.31. The molecule has 0 unspecified atom stereocenters. The molecule has 18 heavy (non-hydrogen) atoms. The molecule has 96 valence electrons. The van der Waals surface area contributed by atoms with E-state index < -0.39 is 0 Å². The molecule has 1 amide bonds. The van der Waals surface area contributed by atoms with E-state index in [4.69, 9.17) is 16.0 Å². The zero-order valence-corrected chi connectivity index (χ0v) is 11.6. The van der Waals surface area contributed by atoms with Gasteiger partial charge in [-0.2, -0.15) is 5.26 Å². The number of thioether (sulfide) groups is 1. The largest absolute Gasteiger partial charge is 0.452 e. The van der Waals surface area contributed by atoms with Crippen LogP contribution < -0.4 is 0 Å². The number of carbonyl (C=O) groups is 1. The maximum Gasteiger partial charge on any atom is 0.258 e. The Labute approximate surface area is 115 Å². The van der Waals surface area contributed by atoms with Crippen molar-refractivity contribution in [1.82, 2.24) is 4.90 Å². The number of nitriles is 1. The van der Waals surface area contributed by atoms with Gasteiger partial charge in [-0.1, -0.05) is 0 Å². The molecule has 2 rings (SSSR count). The minimum Gasteiger partial charge on any atom is -0.452 e. The van der Waals surface area contributed by atoms with Gasteiger partial charge >= 0.3 is 0 Å². The van der Waals surface area contributed by atoms with Crippen LogP contribution in [0, 0.1) is 11.3 Å². The summed E-state index contributed by atoms with van der Waals surface area (Å²) in [5.74, 6) is -0.124. The summed E-state index contributed by atoms with van der Waals surface area (Å²) < 4.78 is 4.57. The maximum absolute atomic E-state index is 12.2. The molecule has 1 saturated heterocycles. The monoisotopic (exact) mass is 284 g/mol. The number of likely N-dealkylation sites (tertiary alicyclic amines) is 1.